The van der Waals surface area contributed by atoms with Crippen molar-refractivity contribution in [3.8, 4) is 17.2 Å². The number of ketones is 1. The summed E-state index contributed by atoms with van der Waals surface area (Å²) in [4.78, 5) is 14.7. The normalized spacial score (nSPS) is 19.4. The van der Waals surface area contributed by atoms with E-state index in [9.17, 15) is 9.90 Å². The summed E-state index contributed by atoms with van der Waals surface area (Å²) in [7, 11) is 3.80. The van der Waals surface area contributed by atoms with Gasteiger partial charge in [-0.1, -0.05) is 18.2 Å². The Balaban J connectivity index is 1.72. The second-order valence-corrected chi connectivity index (χ2v) is 7.06. The number of aromatic hydroxyl groups is 1. The van der Waals surface area contributed by atoms with Crippen LogP contribution in [0, 0.1) is 0 Å². The van der Waals surface area contributed by atoms with Gasteiger partial charge in [0.1, 0.15) is 23.4 Å². The molecule has 2 aromatic carbocycles. The third-order valence-corrected chi connectivity index (χ3v) is 4.70. The lowest BCUT2D eigenvalue weighted by Gasteiger charge is -2.22. The van der Waals surface area contributed by atoms with Crippen LogP contribution < -0.4 is 9.47 Å². The molecule has 2 aliphatic rings. The molecule has 5 nitrogen and oxygen atoms in total. The van der Waals surface area contributed by atoms with Crippen LogP contribution >= 0.6 is 0 Å². The predicted octanol–water partition coefficient (Wildman–Crippen LogP) is 3.78. The molecule has 2 heterocycles. The Morgan fingerprint density at radius 1 is 1.19 bits per heavy atom. The van der Waals surface area contributed by atoms with Crippen LogP contribution in [0.2, 0.25) is 0 Å². The maximum Gasteiger partial charge on any atom is 0.231 e. The average Bonchev–Trinajstić information content (AvgIpc) is 2.94. The van der Waals surface area contributed by atoms with Gasteiger partial charge < -0.3 is 19.5 Å². The highest BCUT2D eigenvalue weighted by Gasteiger charge is 2.32. The number of Topliss-reactive ketones (excluding diaryl/α,β-unsaturated/α-hetero) is 1. The zero-order valence-corrected chi connectivity index (χ0v) is 15.5. The average molecular weight is 363 g/mol. The van der Waals surface area contributed by atoms with Crippen LogP contribution in [0.1, 0.15) is 28.4 Å². The van der Waals surface area contributed by atoms with Crippen molar-refractivity contribution < 1.29 is 19.4 Å². The number of para-hydroxylation sites is 1. The van der Waals surface area contributed by atoms with Gasteiger partial charge in [-0.15, -0.1) is 0 Å². The number of allylic oxidation sites excluding steroid dienone is 1. The Kier molecular flexibility index (Phi) is 4.24. The molecule has 0 amide bonds. The highest BCUT2D eigenvalue weighted by molar-refractivity contribution is 6.13. The molecule has 2 aromatic rings. The van der Waals surface area contributed by atoms with E-state index in [-0.39, 0.29) is 23.4 Å². The van der Waals surface area contributed by atoms with Gasteiger partial charge in [-0.2, -0.15) is 0 Å². The van der Waals surface area contributed by atoms with Crippen molar-refractivity contribution in [2.75, 3.05) is 14.1 Å². The molecule has 2 aliphatic heterocycles. The molecule has 0 saturated carbocycles. The molecule has 27 heavy (non-hydrogen) atoms. The van der Waals surface area contributed by atoms with E-state index >= 15 is 0 Å². The van der Waals surface area contributed by atoms with Gasteiger partial charge in [0, 0.05) is 12.1 Å². The molecule has 0 spiro atoms. The molecule has 5 heteroatoms. The van der Waals surface area contributed by atoms with Gasteiger partial charge in [-0.25, -0.2) is 0 Å². The van der Waals surface area contributed by atoms with E-state index in [1.54, 1.807) is 18.2 Å². The SMILES string of the molecule is C[C@@H]1Oc2ccccc2C=C1/C=C1\Oc2c(ccc(O)c2CN(C)C)C1=O. The topological polar surface area (TPSA) is 59.0 Å². The molecule has 0 saturated heterocycles. The quantitative estimate of drug-likeness (QED) is 0.841. The van der Waals surface area contributed by atoms with E-state index in [2.05, 4.69) is 0 Å². The van der Waals surface area contributed by atoms with Crippen molar-refractivity contribution in [3.63, 3.8) is 0 Å². The van der Waals surface area contributed by atoms with Gasteiger partial charge >= 0.3 is 0 Å². The smallest absolute Gasteiger partial charge is 0.231 e. The Labute approximate surface area is 158 Å². The second kappa shape index (κ2) is 6.59. The summed E-state index contributed by atoms with van der Waals surface area (Å²) >= 11 is 0. The van der Waals surface area contributed by atoms with Crippen molar-refractivity contribution >= 4 is 11.9 Å². The van der Waals surface area contributed by atoms with E-state index in [1.165, 1.54) is 0 Å². The van der Waals surface area contributed by atoms with E-state index < -0.39 is 0 Å². The Hall–Kier alpha value is -3.05. The number of hydrogen-bond donors (Lipinski definition) is 1. The Bertz CT molecular complexity index is 988. The van der Waals surface area contributed by atoms with Crippen LogP contribution in [0.15, 0.2) is 53.8 Å². The largest absolute Gasteiger partial charge is 0.507 e. The minimum absolute atomic E-state index is 0.124. The lowest BCUT2D eigenvalue weighted by atomic mass is 10.0. The van der Waals surface area contributed by atoms with Crippen LogP contribution in [0.3, 0.4) is 0 Å². The first-order valence-corrected chi connectivity index (χ1v) is 8.85. The number of rotatable bonds is 3. The van der Waals surface area contributed by atoms with Crippen molar-refractivity contribution in [3.05, 3.63) is 70.5 Å². The third-order valence-electron chi connectivity index (χ3n) is 4.70. The lowest BCUT2D eigenvalue weighted by Crippen LogP contribution is -2.18. The first-order chi connectivity index (χ1) is 12.9. The first kappa shape index (κ1) is 17.4. The number of carbonyl (C=O) groups excluding carboxylic acids is 1. The fraction of sp³-hybridized carbons (Fsp3) is 0.227. The molecular weight excluding hydrogens is 342 g/mol. The zero-order chi connectivity index (χ0) is 19.1. The molecular formula is C22H21NO4. The van der Waals surface area contributed by atoms with Crippen LogP contribution in [0.4, 0.5) is 0 Å². The number of benzene rings is 2. The molecule has 0 bridgehead atoms. The van der Waals surface area contributed by atoms with E-state index in [0.717, 1.165) is 16.9 Å². The van der Waals surface area contributed by atoms with Gasteiger partial charge in [-0.05, 0) is 56.9 Å². The van der Waals surface area contributed by atoms with E-state index in [4.69, 9.17) is 9.47 Å². The minimum Gasteiger partial charge on any atom is -0.507 e. The molecule has 1 N–H and O–H groups in total. The first-order valence-electron chi connectivity index (χ1n) is 8.85. The van der Waals surface area contributed by atoms with E-state index in [1.807, 2.05) is 56.3 Å². The Morgan fingerprint density at radius 2 is 1.96 bits per heavy atom. The van der Waals surface area contributed by atoms with Gasteiger partial charge in [0.25, 0.3) is 0 Å². The number of hydrogen-bond acceptors (Lipinski definition) is 5. The summed E-state index contributed by atoms with van der Waals surface area (Å²) in [6.45, 7) is 2.42. The molecule has 1 atom stereocenters. The molecule has 138 valence electrons. The van der Waals surface area contributed by atoms with Crippen molar-refractivity contribution in [1.82, 2.24) is 4.90 Å². The summed E-state index contributed by atoms with van der Waals surface area (Å²) in [6.07, 6.45) is 3.55. The summed E-state index contributed by atoms with van der Waals surface area (Å²) in [5.74, 6) is 1.45. The summed E-state index contributed by atoms with van der Waals surface area (Å²) < 4.78 is 11.8. The van der Waals surface area contributed by atoms with Crippen molar-refractivity contribution in [2.24, 2.45) is 0 Å². The van der Waals surface area contributed by atoms with Gasteiger partial charge in [0.15, 0.2) is 5.76 Å². The maximum atomic E-state index is 12.8. The number of nitrogens with zero attached hydrogens (tertiary/aromatic N) is 1. The van der Waals surface area contributed by atoms with Gasteiger partial charge in [0.05, 0.1) is 11.1 Å². The van der Waals surface area contributed by atoms with Crippen LogP contribution in [0.25, 0.3) is 6.08 Å². The molecule has 0 fully saturated rings. The molecule has 4 rings (SSSR count). The highest BCUT2D eigenvalue weighted by Crippen LogP contribution is 2.40. The third kappa shape index (κ3) is 3.11. The van der Waals surface area contributed by atoms with Gasteiger partial charge in [-0.3, -0.25) is 4.79 Å². The lowest BCUT2D eigenvalue weighted by molar-refractivity contribution is 0.101. The number of fused-ring (bicyclic) bond motifs is 2. The zero-order valence-electron chi connectivity index (χ0n) is 15.5. The van der Waals surface area contributed by atoms with Gasteiger partial charge in [0.2, 0.25) is 5.78 Å². The Morgan fingerprint density at radius 3 is 2.74 bits per heavy atom. The molecule has 0 radical (unpaired) electrons. The number of ether oxygens (including phenoxy) is 2. The highest BCUT2D eigenvalue weighted by atomic mass is 16.5. The van der Waals surface area contributed by atoms with Crippen LogP contribution in [-0.4, -0.2) is 36.0 Å². The maximum absolute atomic E-state index is 12.8. The molecule has 0 aliphatic carbocycles. The fourth-order valence-electron chi connectivity index (χ4n) is 3.34. The number of phenols is 1. The van der Waals surface area contributed by atoms with Crippen LogP contribution in [0.5, 0.6) is 17.2 Å². The number of carbonyl (C=O) groups is 1. The molecule has 0 unspecified atom stereocenters. The fourth-order valence-corrected chi connectivity index (χ4v) is 3.34. The molecule has 0 aromatic heterocycles. The summed E-state index contributed by atoms with van der Waals surface area (Å²) in [5, 5.41) is 10.2. The predicted molar refractivity (Wildman–Crippen MR) is 103 cm³/mol. The van der Waals surface area contributed by atoms with Crippen molar-refractivity contribution in [2.45, 2.75) is 19.6 Å². The monoisotopic (exact) mass is 363 g/mol. The van der Waals surface area contributed by atoms with E-state index in [0.29, 0.717) is 23.4 Å². The summed E-state index contributed by atoms with van der Waals surface area (Å²) in [5.41, 5.74) is 2.92. The summed E-state index contributed by atoms with van der Waals surface area (Å²) in [6, 6.07) is 10.9. The number of phenolic OH excluding ortho intramolecular Hbond substituents is 1. The van der Waals surface area contributed by atoms with Crippen molar-refractivity contribution in [1.29, 1.82) is 0 Å². The second-order valence-electron chi connectivity index (χ2n) is 7.06. The standard InChI is InChI=1S/C22H21NO4/c1-13-15(10-14-6-4-5-7-19(14)26-13)11-20-21(25)16-8-9-18(24)17(12-23(2)3)22(16)27-20/h4-11,13,24H,12H2,1-3H3/b20-11-/t13-/m0/s1. The van der Waals surface area contributed by atoms with Crippen LogP contribution in [-0.2, 0) is 6.54 Å². The minimum atomic E-state index is -0.192.